The normalized spacial score (nSPS) is 15.0. The summed E-state index contributed by atoms with van der Waals surface area (Å²) in [7, 11) is -1.20. The van der Waals surface area contributed by atoms with Crippen LogP contribution >= 0.6 is 0 Å². The van der Waals surface area contributed by atoms with Crippen molar-refractivity contribution in [1.29, 1.82) is 0 Å². The van der Waals surface area contributed by atoms with E-state index < -0.39 is 28.1 Å². The average Bonchev–Trinajstić information content (AvgIpc) is 3.01. The number of carbonyl (C=O) groups excluding carboxylic acids is 1. The number of carboxylic acid groups (broad SMARTS) is 1. The Labute approximate surface area is 247 Å². The highest BCUT2D eigenvalue weighted by atomic mass is 32.2. The molecule has 0 saturated carbocycles. The monoisotopic (exact) mass is 606 g/mol. The molecule has 1 atom stereocenters. The molecule has 13 nitrogen and oxygen atoms in total. The van der Waals surface area contributed by atoms with Crippen molar-refractivity contribution in [2.75, 3.05) is 36.1 Å². The van der Waals surface area contributed by atoms with Crippen molar-refractivity contribution in [2.24, 2.45) is 0 Å². The van der Waals surface area contributed by atoms with Crippen molar-refractivity contribution in [3.8, 4) is 11.5 Å². The molecule has 0 bridgehead atoms. The number of amides is 2. The molecule has 2 heterocycles. The van der Waals surface area contributed by atoms with E-state index in [4.69, 9.17) is 9.47 Å². The molecule has 14 heteroatoms. The molecule has 43 heavy (non-hydrogen) atoms. The third kappa shape index (κ3) is 6.70. The molecule has 1 aromatic heterocycles. The van der Waals surface area contributed by atoms with Crippen molar-refractivity contribution in [3.63, 3.8) is 0 Å². The molecule has 0 spiro atoms. The predicted molar refractivity (Wildman–Crippen MR) is 161 cm³/mol. The van der Waals surface area contributed by atoms with E-state index in [-0.39, 0.29) is 28.8 Å². The molecule has 224 valence electrons. The SMILES string of the molecule is COc1cc(Nc2nc3ccccc3nc2NS(=O)(=O)c2cccc(NC(=O)C3CCCCN3C(=O)O)c2)cc(OC)c1. The molecule has 1 fully saturated rings. The number of methoxy groups -OCH3 is 2. The molecular weight excluding hydrogens is 576 g/mol. The lowest BCUT2D eigenvalue weighted by Gasteiger charge is -2.32. The predicted octanol–water partition coefficient (Wildman–Crippen LogP) is 4.66. The van der Waals surface area contributed by atoms with Crippen LogP contribution < -0.4 is 24.8 Å². The fourth-order valence-electron chi connectivity index (χ4n) is 4.76. The first-order chi connectivity index (χ1) is 20.7. The smallest absolute Gasteiger partial charge is 0.407 e. The molecule has 4 aromatic rings. The van der Waals surface area contributed by atoms with Crippen LogP contribution in [0.2, 0.25) is 0 Å². The summed E-state index contributed by atoms with van der Waals surface area (Å²) in [5.74, 6) is 0.570. The van der Waals surface area contributed by atoms with Crippen molar-refractivity contribution >= 4 is 56.1 Å². The van der Waals surface area contributed by atoms with Crippen LogP contribution in [0.5, 0.6) is 11.5 Å². The number of aromatic nitrogens is 2. The largest absolute Gasteiger partial charge is 0.497 e. The van der Waals surface area contributed by atoms with Gasteiger partial charge in [-0.15, -0.1) is 0 Å². The van der Waals surface area contributed by atoms with E-state index in [0.29, 0.717) is 47.5 Å². The van der Waals surface area contributed by atoms with E-state index in [9.17, 15) is 23.1 Å². The first-order valence-corrected chi connectivity index (χ1v) is 14.9. The number of piperidine rings is 1. The maximum Gasteiger partial charge on any atom is 0.407 e. The zero-order valence-corrected chi connectivity index (χ0v) is 24.2. The number of hydrogen-bond acceptors (Lipinski definition) is 9. The Bertz CT molecular complexity index is 1760. The number of ether oxygens (including phenoxy) is 2. The molecular formula is C29H30N6O7S. The zero-order chi connectivity index (χ0) is 30.6. The van der Waals surface area contributed by atoms with Gasteiger partial charge in [-0.1, -0.05) is 18.2 Å². The first-order valence-electron chi connectivity index (χ1n) is 13.4. The van der Waals surface area contributed by atoms with Crippen LogP contribution in [-0.4, -0.2) is 67.2 Å². The van der Waals surface area contributed by atoms with Crippen LogP contribution in [-0.2, 0) is 14.8 Å². The Morgan fingerprint density at radius 2 is 1.56 bits per heavy atom. The van der Waals surface area contributed by atoms with Gasteiger partial charge in [0.1, 0.15) is 17.5 Å². The quantitative estimate of drug-likeness (QED) is 0.210. The number of anilines is 4. The number of fused-ring (bicyclic) bond motifs is 1. The average molecular weight is 607 g/mol. The highest BCUT2D eigenvalue weighted by molar-refractivity contribution is 7.92. The molecule has 0 radical (unpaired) electrons. The van der Waals surface area contributed by atoms with Crippen LogP contribution in [0.1, 0.15) is 19.3 Å². The summed E-state index contributed by atoms with van der Waals surface area (Å²) in [6.07, 6.45) is 0.600. The molecule has 1 aliphatic heterocycles. The molecule has 0 aliphatic carbocycles. The molecule has 2 amide bonds. The summed E-state index contributed by atoms with van der Waals surface area (Å²) in [6, 6.07) is 16.9. The van der Waals surface area contributed by atoms with Gasteiger partial charge in [0.15, 0.2) is 11.6 Å². The van der Waals surface area contributed by atoms with Crippen LogP contribution in [0.3, 0.4) is 0 Å². The van der Waals surface area contributed by atoms with Gasteiger partial charge in [0, 0.05) is 36.1 Å². The molecule has 4 N–H and O–H groups in total. The topological polar surface area (TPSA) is 172 Å². The maximum atomic E-state index is 13.6. The van der Waals surface area contributed by atoms with Gasteiger partial charge >= 0.3 is 6.09 Å². The van der Waals surface area contributed by atoms with Gasteiger partial charge < -0.3 is 25.2 Å². The summed E-state index contributed by atoms with van der Waals surface area (Å²) in [5.41, 5.74) is 1.72. The van der Waals surface area contributed by atoms with E-state index >= 15 is 0 Å². The van der Waals surface area contributed by atoms with Gasteiger partial charge in [0.25, 0.3) is 10.0 Å². The molecule has 1 saturated heterocycles. The van der Waals surface area contributed by atoms with Crippen LogP contribution in [0, 0.1) is 0 Å². The Balaban J connectivity index is 1.44. The van der Waals surface area contributed by atoms with Crippen LogP contribution in [0.4, 0.5) is 27.8 Å². The third-order valence-electron chi connectivity index (χ3n) is 6.88. The van der Waals surface area contributed by atoms with E-state index in [1.165, 1.54) is 38.5 Å². The second-order valence-electron chi connectivity index (χ2n) is 9.75. The molecule has 1 aliphatic rings. The number of carbonyl (C=O) groups is 2. The summed E-state index contributed by atoms with van der Waals surface area (Å²) in [4.78, 5) is 34.6. The lowest BCUT2D eigenvalue weighted by molar-refractivity contribution is -0.121. The second-order valence-corrected chi connectivity index (χ2v) is 11.4. The number of sulfonamides is 1. The molecule has 1 unspecified atom stereocenters. The fraction of sp³-hybridized carbons (Fsp3) is 0.241. The Hall–Kier alpha value is -5.11. The standard InChI is InChI=1S/C29H30N6O7S/c1-41-20-14-19(15-21(17-20)42-2)30-26-27(33-24-11-4-3-10-23(24)32-26)34-43(39,40)22-9-7-8-18(16-22)31-28(36)25-12-5-6-13-35(25)29(37)38/h3-4,7-11,14-17,25H,5-6,12-13H2,1-2H3,(H,30,32)(H,31,36)(H,33,34)(H,37,38). The summed E-state index contributed by atoms with van der Waals surface area (Å²) in [6.45, 7) is 0.261. The van der Waals surface area contributed by atoms with Gasteiger partial charge in [0.05, 0.1) is 30.1 Å². The Kier molecular flexibility index (Phi) is 8.48. The van der Waals surface area contributed by atoms with Crippen LogP contribution in [0.25, 0.3) is 11.0 Å². The summed E-state index contributed by atoms with van der Waals surface area (Å²) >= 11 is 0. The fourth-order valence-corrected chi connectivity index (χ4v) is 5.82. The minimum atomic E-state index is -4.23. The number of nitrogens with one attached hydrogen (secondary N) is 3. The minimum absolute atomic E-state index is 0.0609. The third-order valence-corrected chi connectivity index (χ3v) is 8.22. The maximum absolute atomic E-state index is 13.6. The first kappa shape index (κ1) is 29.4. The number of rotatable bonds is 9. The number of likely N-dealkylation sites (tertiary alicyclic amines) is 1. The Morgan fingerprint density at radius 1 is 0.884 bits per heavy atom. The lowest BCUT2D eigenvalue weighted by atomic mass is 10.0. The van der Waals surface area contributed by atoms with E-state index in [0.717, 1.165) is 4.90 Å². The van der Waals surface area contributed by atoms with E-state index in [1.807, 2.05) is 0 Å². The number of benzene rings is 3. The van der Waals surface area contributed by atoms with Crippen LogP contribution in [0.15, 0.2) is 71.6 Å². The van der Waals surface area contributed by atoms with Gasteiger partial charge in [-0.25, -0.2) is 23.2 Å². The number of para-hydroxylation sites is 2. The van der Waals surface area contributed by atoms with Gasteiger partial charge in [-0.3, -0.25) is 14.4 Å². The lowest BCUT2D eigenvalue weighted by Crippen LogP contribution is -2.49. The number of hydrogen-bond donors (Lipinski definition) is 4. The van der Waals surface area contributed by atoms with Crippen molar-refractivity contribution in [2.45, 2.75) is 30.2 Å². The minimum Gasteiger partial charge on any atom is -0.497 e. The van der Waals surface area contributed by atoms with Crippen molar-refractivity contribution < 1.29 is 32.6 Å². The van der Waals surface area contributed by atoms with E-state index in [2.05, 4.69) is 25.3 Å². The Morgan fingerprint density at radius 3 is 2.21 bits per heavy atom. The van der Waals surface area contributed by atoms with Gasteiger partial charge in [-0.05, 0) is 49.6 Å². The second kappa shape index (κ2) is 12.4. The van der Waals surface area contributed by atoms with Gasteiger partial charge in [0.2, 0.25) is 5.91 Å². The summed E-state index contributed by atoms with van der Waals surface area (Å²) in [5, 5.41) is 15.2. The zero-order valence-electron chi connectivity index (χ0n) is 23.4. The molecule has 3 aromatic carbocycles. The number of nitrogens with zero attached hydrogens (tertiary/aromatic N) is 3. The van der Waals surface area contributed by atoms with Crippen molar-refractivity contribution in [1.82, 2.24) is 14.9 Å². The van der Waals surface area contributed by atoms with Gasteiger partial charge in [-0.2, -0.15) is 0 Å². The van der Waals surface area contributed by atoms with E-state index in [1.54, 1.807) is 42.5 Å². The highest BCUT2D eigenvalue weighted by Gasteiger charge is 2.32. The van der Waals surface area contributed by atoms with Crippen molar-refractivity contribution in [3.05, 3.63) is 66.7 Å². The summed E-state index contributed by atoms with van der Waals surface area (Å²) < 4.78 is 40.4. The highest BCUT2D eigenvalue weighted by Crippen LogP contribution is 2.32. The molecule has 5 rings (SSSR count).